The third-order valence-corrected chi connectivity index (χ3v) is 11.5. The van der Waals surface area contributed by atoms with Crippen LogP contribution in [0.4, 0.5) is 0 Å². The Morgan fingerprint density at radius 3 is 2.15 bits per heavy atom. The third-order valence-electron chi connectivity index (χ3n) is 10.3. The van der Waals surface area contributed by atoms with Gasteiger partial charge in [0.25, 0.3) is 0 Å². The van der Waals surface area contributed by atoms with Crippen molar-refractivity contribution in [3.05, 3.63) is 169 Å². The zero-order valence-electron chi connectivity index (χ0n) is 28.6. The summed E-state index contributed by atoms with van der Waals surface area (Å²) in [5, 5.41) is 10.7. The standard InChI is InChI=1S/C49H32N2S/c1-3-8-31-15-16-32-19-22-41(42-21-14-30(2)46(31)47(32)42)45-27-26-44(52-45)36-10-6-9-35(29-36)37-23-24-40(39-13-5-4-12-38(37)39)43-25-20-34-18-17-33-11-7-28-50-48(33)49(34)51-43/h3-29H,2H2,1H3/b8-3-. The molecule has 244 valence electrons. The number of rotatable bonds is 5. The van der Waals surface area contributed by atoms with Gasteiger partial charge in [-0.2, -0.15) is 0 Å². The van der Waals surface area contributed by atoms with E-state index in [0.717, 1.165) is 38.3 Å². The summed E-state index contributed by atoms with van der Waals surface area (Å²) in [6.45, 7) is 6.46. The number of benzene rings is 7. The van der Waals surface area contributed by atoms with Gasteiger partial charge in [-0.3, -0.25) is 4.98 Å². The zero-order chi connectivity index (χ0) is 34.8. The lowest BCUT2D eigenvalue weighted by Gasteiger charge is -2.13. The van der Waals surface area contributed by atoms with E-state index in [9.17, 15) is 0 Å². The molecule has 0 aliphatic carbocycles. The fourth-order valence-electron chi connectivity index (χ4n) is 7.91. The van der Waals surface area contributed by atoms with Crippen molar-refractivity contribution in [1.82, 2.24) is 9.97 Å². The van der Waals surface area contributed by atoms with E-state index in [4.69, 9.17) is 4.98 Å². The van der Waals surface area contributed by atoms with Gasteiger partial charge in [0.2, 0.25) is 0 Å². The van der Waals surface area contributed by atoms with Gasteiger partial charge >= 0.3 is 0 Å². The molecule has 0 bridgehead atoms. The maximum Gasteiger partial charge on any atom is 0.0972 e. The lowest BCUT2D eigenvalue weighted by molar-refractivity contribution is 1.37. The monoisotopic (exact) mass is 680 g/mol. The number of hydrogen-bond donors (Lipinski definition) is 0. The minimum absolute atomic E-state index is 0.931. The number of allylic oxidation sites excluding steroid dienone is 1. The van der Waals surface area contributed by atoms with Crippen LogP contribution in [0.5, 0.6) is 0 Å². The summed E-state index contributed by atoms with van der Waals surface area (Å²) in [5.74, 6) is 0. The maximum atomic E-state index is 5.19. The van der Waals surface area contributed by atoms with Crippen molar-refractivity contribution in [3.63, 3.8) is 0 Å². The first-order valence-electron chi connectivity index (χ1n) is 17.6. The van der Waals surface area contributed by atoms with Gasteiger partial charge in [-0.05, 0) is 103 Å². The molecular weight excluding hydrogens is 649 g/mol. The van der Waals surface area contributed by atoms with E-state index in [1.165, 1.54) is 69.9 Å². The second-order valence-electron chi connectivity index (χ2n) is 13.4. The molecule has 10 aromatic rings. The Bertz CT molecular complexity index is 3110. The van der Waals surface area contributed by atoms with Gasteiger partial charge in [-0.25, -0.2) is 4.98 Å². The van der Waals surface area contributed by atoms with Crippen LogP contribution >= 0.6 is 11.3 Å². The van der Waals surface area contributed by atoms with Gasteiger partial charge in [0.05, 0.1) is 16.7 Å². The molecule has 0 saturated heterocycles. The summed E-state index contributed by atoms with van der Waals surface area (Å²) in [5.41, 5.74) is 10.0. The Hall–Kier alpha value is -6.42. The van der Waals surface area contributed by atoms with Crippen LogP contribution in [0.3, 0.4) is 0 Å². The topological polar surface area (TPSA) is 25.8 Å². The Balaban J connectivity index is 1.05. The van der Waals surface area contributed by atoms with Crippen molar-refractivity contribution in [2.45, 2.75) is 6.92 Å². The molecule has 0 saturated carbocycles. The van der Waals surface area contributed by atoms with E-state index in [-0.39, 0.29) is 0 Å². The van der Waals surface area contributed by atoms with E-state index < -0.39 is 0 Å². The van der Waals surface area contributed by atoms with Crippen LogP contribution in [0.25, 0.3) is 110 Å². The molecule has 0 atom stereocenters. The Kier molecular flexibility index (Phi) is 7.09. The van der Waals surface area contributed by atoms with Crippen molar-refractivity contribution in [1.29, 1.82) is 0 Å². The first-order chi connectivity index (χ1) is 25.6. The van der Waals surface area contributed by atoms with Crippen LogP contribution in [-0.4, -0.2) is 9.97 Å². The molecule has 10 rings (SSSR count). The van der Waals surface area contributed by atoms with Crippen LogP contribution in [0, 0.1) is 0 Å². The molecular formula is C49H32N2S. The van der Waals surface area contributed by atoms with Crippen LogP contribution in [-0.2, 0) is 0 Å². The van der Waals surface area contributed by atoms with E-state index in [0.29, 0.717) is 0 Å². The third kappa shape index (κ3) is 4.85. The Morgan fingerprint density at radius 2 is 1.27 bits per heavy atom. The number of thiophene rings is 1. The van der Waals surface area contributed by atoms with E-state index in [2.05, 4.69) is 170 Å². The molecule has 0 aliphatic heterocycles. The summed E-state index contributed by atoms with van der Waals surface area (Å²) in [7, 11) is 0. The highest BCUT2D eigenvalue weighted by molar-refractivity contribution is 7.18. The summed E-state index contributed by atoms with van der Waals surface area (Å²) >= 11 is 1.85. The second kappa shape index (κ2) is 12.1. The predicted molar refractivity (Wildman–Crippen MR) is 225 cm³/mol. The summed E-state index contributed by atoms with van der Waals surface area (Å²) in [6, 6.07) is 52.6. The van der Waals surface area contributed by atoms with Gasteiger partial charge in [0.1, 0.15) is 0 Å². The Morgan fingerprint density at radius 1 is 0.538 bits per heavy atom. The van der Waals surface area contributed by atoms with Crippen molar-refractivity contribution in [2.24, 2.45) is 0 Å². The highest BCUT2D eigenvalue weighted by atomic mass is 32.1. The highest BCUT2D eigenvalue weighted by Crippen LogP contribution is 2.42. The van der Waals surface area contributed by atoms with Gasteiger partial charge in [0.15, 0.2) is 0 Å². The fraction of sp³-hybridized carbons (Fsp3) is 0.0204. The summed E-state index contributed by atoms with van der Waals surface area (Å²) in [6.07, 6.45) is 6.13. The van der Waals surface area contributed by atoms with Crippen molar-refractivity contribution < 1.29 is 0 Å². The summed E-state index contributed by atoms with van der Waals surface area (Å²) in [4.78, 5) is 12.4. The number of aromatic nitrogens is 2. The maximum absolute atomic E-state index is 5.19. The normalized spacial score (nSPS) is 11.9. The SMILES string of the molecule is C=c1ccc2c(-c3ccc(-c4cccc(-c5ccc(-c6ccc7ccc8cccnc8c7n6)c6ccccc56)c4)s3)ccc3ccc(/C=C\C)c1c32. The molecule has 3 heterocycles. The predicted octanol–water partition coefficient (Wildman–Crippen LogP) is 13.1. The largest absolute Gasteiger partial charge is 0.254 e. The van der Waals surface area contributed by atoms with Crippen LogP contribution < -0.4 is 5.22 Å². The minimum atomic E-state index is 0.931. The van der Waals surface area contributed by atoms with Gasteiger partial charge in [-0.15, -0.1) is 11.3 Å². The number of hydrogen-bond acceptors (Lipinski definition) is 3. The quantitative estimate of drug-likeness (QED) is 0.169. The average molecular weight is 681 g/mol. The smallest absolute Gasteiger partial charge is 0.0972 e. The second-order valence-corrected chi connectivity index (χ2v) is 14.5. The number of nitrogens with zero attached hydrogens (tertiary/aromatic N) is 2. The van der Waals surface area contributed by atoms with Crippen molar-refractivity contribution in [2.75, 3.05) is 0 Å². The average Bonchev–Trinajstić information content (AvgIpc) is 3.69. The molecule has 2 nitrogen and oxygen atoms in total. The first-order valence-corrected chi connectivity index (χ1v) is 18.4. The minimum Gasteiger partial charge on any atom is -0.254 e. The highest BCUT2D eigenvalue weighted by Gasteiger charge is 2.15. The molecule has 0 N–H and O–H groups in total. The molecule has 52 heavy (non-hydrogen) atoms. The molecule has 0 fully saturated rings. The van der Waals surface area contributed by atoms with Crippen LogP contribution in [0.1, 0.15) is 12.5 Å². The van der Waals surface area contributed by atoms with Gasteiger partial charge in [-0.1, -0.05) is 134 Å². The Labute approximate surface area is 305 Å². The van der Waals surface area contributed by atoms with Gasteiger partial charge in [0, 0.05) is 32.3 Å². The van der Waals surface area contributed by atoms with E-state index in [1.54, 1.807) is 0 Å². The molecule has 0 unspecified atom stereocenters. The van der Waals surface area contributed by atoms with Crippen LogP contribution in [0.15, 0.2) is 158 Å². The zero-order valence-corrected chi connectivity index (χ0v) is 29.4. The van der Waals surface area contributed by atoms with E-state index in [1.807, 2.05) is 23.6 Å². The molecule has 3 heteroatoms. The molecule has 0 spiro atoms. The van der Waals surface area contributed by atoms with Crippen molar-refractivity contribution >= 4 is 78.1 Å². The van der Waals surface area contributed by atoms with Crippen molar-refractivity contribution in [3.8, 4) is 43.3 Å². The number of fused-ring (bicyclic) bond motifs is 4. The lowest BCUT2D eigenvalue weighted by atomic mass is 9.92. The molecule has 0 amide bonds. The molecule has 0 radical (unpaired) electrons. The lowest BCUT2D eigenvalue weighted by Crippen LogP contribution is -2.01. The first kappa shape index (κ1) is 30.4. The number of pyridine rings is 2. The molecule has 7 aromatic carbocycles. The van der Waals surface area contributed by atoms with Gasteiger partial charge < -0.3 is 0 Å². The van der Waals surface area contributed by atoms with E-state index >= 15 is 0 Å². The van der Waals surface area contributed by atoms with Crippen LogP contribution in [0.2, 0.25) is 0 Å². The summed E-state index contributed by atoms with van der Waals surface area (Å²) < 4.78 is 0. The molecule has 0 aliphatic rings. The molecule has 3 aromatic heterocycles. The fourth-order valence-corrected chi connectivity index (χ4v) is 8.95.